The maximum Gasteiger partial charge on any atom is 0.317 e. The van der Waals surface area contributed by atoms with Crippen molar-refractivity contribution >= 4 is 46.3 Å². The van der Waals surface area contributed by atoms with Crippen molar-refractivity contribution in [3.63, 3.8) is 0 Å². The highest BCUT2D eigenvalue weighted by Crippen LogP contribution is 2.29. The molecule has 0 spiro atoms. The first-order valence-electron chi connectivity index (χ1n) is 9.76. The van der Waals surface area contributed by atoms with Gasteiger partial charge in [0.25, 0.3) is 11.6 Å². The van der Waals surface area contributed by atoms with Gasteiger partial charge in [-0.2, -0.15) is 0 Å². The second kappa shape index (κ2) is 10.9. The minimum absolute atomic E-state index is 0.0276. The molecule has 13 heteroatoms. The molecule has 0 radical (unpaired) electrons. The first-order valence-corrected chi connectivity index (χ1v) is 11.6. The SMILES string of the molecule is CCn1c(SCC(=O)OC(C)C(=O)Nc2ccc(OC)cc2[N+](=O)[O-])nnc1-c1cccs1. The molecule has 1 N–H and O–H groups in total. The van der Waals surface area contributed by atoms with Crippen LogP contribution in [0.2, 0.25) is 0 Å². The second-order valence-corrected chi connectivity index (χ2v) is 8.47. The van der Waals surface area contributed by atoms with Crippen molar-refractivity contribution in [2.75, 3.05) is 18.2 Å². The predicted octanol–water partition coefficient (Wildman–Crippen LogP) is 3.61. The molecule has 33 heavy (non-hydrogen) atoms. The number of nitrogens with zero attached hydrogens (tertiary/aromatic N) is 4. The number of ether oxygens (including phenoxy) is 2. The van der Waals surface area contributed by atoms with Gasteiger partial charge in [-0.1, -0.05) is 17.8 Å². The molecule has 1 aromatic carbocycles. The Kier molecular flexibility index (Phi) is 8.01. The third-order valence-corrected chi connectivity index (χ3v) is 6.24. The van der Waals surface area contributed by atoms with Crippen LogP contribution in [-0.4, -0.2) is 50.5 Å². The number of nitro groups is 1. The van der Waals surface area contributed by atoms with E-state index in [9.17, 15) is 19.7 Å². The number of benzene rings is 1. The zero-order valence-corrected chi connectivity index (χ0v) is 19.6. The minimum atomic E-state index is -1.16. The van der Waals surface area contributed by atoms with Crippen LogP contribution in [0.15, 0.2) is 40.9 Å². The molecule has 0 aliphatic heterocycles. The van der Waals surface area contributed by atoms with Gasteiger partial charge >= 0.3 is 5.97 Å². The van der Waals surface area contributed by atoms with Crippen LogP contribution >= 0.6 is 23.1 Å². The molecule has 0 aliphatic rings. The van der Waals surface area contributed by atoms with Gasteiger partial charge in [0.05, 0.1) is 28.7 Å². The fourth-order valence-corrected chi connectivity index (χ4v) is 4.31. The zero-order chi connectivity index (χ0) is 24.0. The summed E-state index contributed by atoms with van der Waals surface area (Å²) in [5.41, 5.74) is -0.363. The maximum absolute atomic E-state index is 12.4. The number of thioether (sulfide) groups is 1. The predicted molar refractivity (Wildman–Crippen MR) is 124 cm³/mol. The number of aromatic nitrogens is 3. The zero-order valence-electron chi connectivity index (χ0n) is 18.0. The standard InChI is InChI=1S/C20H21N5O6S2/c1-4-24-18(16-6-5-9-32-16)22-23-20(24)33-11-17(26)31-12(2)19(27)21-14-8-7-13(30-3)10-15(14)25(28)29/h5-10,12H,4,11H2,1-3H3,(H,21,27). The summed E-state index contributed by atoms with van der Waals surface area (Å²) < 4.78 is 12.0. The summed E-state index contributed by atoms with van der Waals surface area (Å²) in [6.07, 6.45) is -1.16. The largest absolute Gasteiger partial charge is 0.496 e. The van der Waals surface area contributed by atoms with Crippen molar-refractivity contribution in [2.24, 2.45) is 0 Å². The fraction of sp³-hybridized carbons (Fsp3) is 0.300. The number of amides is 1. The van der Waals surface area contributed by atoms with Gasteiger partial charge in [0.15, 0.2) is 17.1 Å². The number of hydrogen-bond acceptors (Lipinski definition) is 10. The van der Waals surface area contributed by atoms with Gasteiger partial charge in [-0.15, -0.1) is 21.5 Å². The molecule has 1 unspecified atom stereocenters. The van der Waals surface area contributed by atoms with E-state index in [1.807, 2.05) is 29.0 Å². The molecule has 3 rings (SSSR count). The van der Waals surface area contributed by atoms with Crippen molar-refractivity contribution in [2.45, 2.75) is 31.7 Å². The first-order chi connectivity index (χ1) is 15.8. The van der Waals surface area contributed by atoms with Gasteiger partial charge in [0.2, 0.25) is 0 Å². The maximum atomic E-state index is 12.4. The highest BCUT2D eigenvalue weighted by Gasteiger charge is 2.23. The van der Waals surface area contributed by atoms with Crippen molar-refractivity contribution in [1.82, 2.24) is 14.8 Å². The molecule has 2 aromatic heterocycles. The summed E-state index contributed by atoms with van der Waals surface area (Å²) >= 11 is 2.69. The summed E-state index contributed by atoms with van der Waals surface area (Å²) in [7, 11) is 1.38. The number of rotatable bonds is 10. The molecule has 11 nitrogen and oxygen atoms in total. The van der Waals surface area contributed by atoms with Crippen LogP contribution in [0.5, 0.6) is 5.75 Å². The van der Waals surface area contributed by atoms with Crippen LogP contribution < -0.4 is 10.1 Å². The van der Waals surface area contributed by atoms with Gasteiger partial charge in [0, 0.05) is 6.54 Å². The lowest BCUT2D eigenvalue weighted by Gasteiger charge is -2.14. The van der Waals surface area contributed by atoms with Crippen LogP contribution in [0.3, 0.4) is 0 Å². The number of carbonyl (C=O) groups is 2. The van der Waals surface area contributed by atoms with Crippen molar-refractivity contribution < 1.29 is 24.0 Å². The number of carbonyl (C=O) groups excluding carboxylic acids is 2. The quantitative estimate of drug-likeness (QED) is 0.195. The van der Waals surface area contributed by atoms with E-state index in [0.717, 1.165) is 22.5 Å². The Morgan fingerprint density at radius 2 is 2.12 bits per heavy atom. The second-order valence-electron chi connectivity index (χ2n) is 6.58. The number of esters is 1. The Morgan fingerprint density at radius 3 is 2.76 bits per heavy atom. The van der Waals surface area contributed by atoms with E-state index in [1.54, 1.807) is 11.3 Å². The van der Waals surface area contributed by atoms with E-state index >= 15 is 0 Å². The summed E-state index contributed by atoms with van der Waals surface area (Å²) in [5.74, 6) is -0.410. The third kappa shape index (κ3) is 5.87. The normalized spacial score (nSPS) is 11.6. The number of nitrogens with one attached hydrogen (secondary N) is 1. The van der Waals surface area contributed by atoms with Gasteiger partial charge in [0.1, 0.15) is 11.4 Å². The Labute approximate surface area is 197 Å². The molecular formula is C20H21N5O6S2. The molecule has 3 aromatic rings. The Bertz CT molecular complexity index is 1150. The topological polar surface area (TPSA) is 138 Å². The molecule has 1 amide bonds. The third-order valence-electron chi connectivity index (χ3n) is 4.43. The van der Waals surface area contributed by atoms with Gasteiger partial charge in [-0.3, -0.25) is 19.7 Å². The molecule has 0 saturated carbocycles. The average Bonchev–Trinajstić information content (AvgIpc) is 3.47. The van der Waals surface area contributed by atoms with Gasteiger partial charge in [-0.05, 0) is 37.4 Å². The van der Waals surface area contributed by atoms with E-state index in [-0.39, 0.29) is 22.9 Å². The summed E-state index contributed by atoms with van der Waals surface area (Å²) in [5, 5.41) is 24.5. The van der Waals surface area contributed by atoms with E-state index in [1.165, 1.54) is 32.2 Å². The summed E-state index contributed by atoms with van der Waals surface area (Å²) in [4.78, 5) is 36.3. The lowest BCUT2D eigenvalue weighted by atomic mass is 10.2. The number of thiophene rings is 1. The Hall–Kier alpha value is -3.45. The van der Waals surface area contributed by atoms with Crippen LogP contribution in [0, 0.1) is 10.1 Å². The monoisotopic (exact) mass is 491 g/mol. The van der Waals surface area contributed by atoms with Crippen LogP contribution in [0.1, 0.15) is 13.8 Å². The minimum Gasteiger partial charge on any atom is -0.496 e. The molecule has 0 bridgehead atoms. The van der Waals surface area contributed by atoms with E-state index < -0.39 is 22.9 Å². The fourth-order valence-electron chi connectivity index (χ4n) is 2.81. The lowest BCUT2D eigenvalue weighted by molar-refractivity contribution is -0.384. The number of methoxy groups -OCH3 is 1. The number of hydrogen-bond donors (Lipinski definition) is 1. The van der Waals surface area contributed by atoms with Crippen LogP contribution in [0.4, 0.5) is 11.4 Å². The molecular weight excluding hydrogens is 470 g/mol. The molecule has 0 fully saturated rings. The Morgan fingerprint density at radius 1 is 1.33 bits per heavy atom. The van der Waals surface area contributed by atoms with E-state index in [2.05, 4.69) is 15.5 Å². The average molecular weight is 492 g/mol. The first kappa shape index (κ1) is 24.2. The molecule has 174 valence electrons. The van der Waals surface area contributed by atoms with Crippen molar-refractivity contribution in [3.05, 3.63) is 45.8 Å². The van der Waals surface area contributed by atoms with Crippen molar-refractivity contribution in [3.8, 4) is 16.5 Å². The van der Waals surface area contributed by atoms with E-state index in [4.69, 9.17) is 9.47 Å². The van der Waals surface area contributed by atoms with Crippen LogP contribution in [-0.2, 0) is 20.9 Å². The molecule has 0 saturated heterocycles. The highest BCUT2D eigenvalue weighted by atomic mass is 32.2. The summed E-state index contributed by atoms with van der Waals surface area (Å²) in [6, 6.07) is 7.88. The Balaban J connectivity index is 1.58. The molecule has 0 aliphatic carbocycles. The van der Waals surface area contributed by atoms with Crippen molar-refractivity contribution in [1.29, 1.82) is 0 Å². The van der Waals surface area contributed by atoms with Gasteiger partial charge in [-0.25, -0.2) is 0 Å². The van der Waals surface area contributed by atoms with Gasteiger partial charge < -0.3 is 19.4 Å². The smallest absolute Gasteiger partial charge is 0.317 e. The lowest BCUT2D eigenvalue weighted by Crippen LogP contribution is -2.30. The number of anilines is 1. The summed E-state index contributed by atoms with van der Waals surface area (Å²) in [6.45, 7) is 3.96. The highest BCUT2D eigenvalue weighted by molar-refractivity contribution is 7.99. The van der Waals surface area contributed by atoms with Crippen LogP contribution in [0.25, 0.3) is 10.7 Å². The van der Waals surface area contributed by atoms with E-state index in [0.29, 0.717) is 11.7 Å². The molecule has 1 atom stereocenters. The number of nitro benzene ring substituents is 1. The molecule has 2 heterocycles.